The van der Waals surface area contributed by atoms with Crippen molar-refractivity contribution in [3.05, 3.63) is 63.6 Å². The number of esters is 1. The number of terminal acetylenes is 1. The summed E-state index contributed by atoms with van der Waals surface area (Å²) in [6.07, 6.45) is 5.38. The topological polar surface area (TPSA) is 38.3 Å². The molecule has 0 unspecified atom stereocenters. The molecule has 21 heavy (non-hydrogen) atoms. The molecule has 3 nitrogen and oxygen atoms in total. The van der Waals surface area contributed by atoms with Crippen LogP contribution in [0.2, 0.25) is 0 Å². The van der Waals surface area contributed by atoms with Crippen molar-refractivity contribution in [3.63, 3.8) is 0 Å². The summed E-state index contributed by atoms with van der Waals surface area (Å²) in [6, 6.07) is 13.0. The molecule has 1 N–H and O–H groups in total. The molecule has 0 fully saturated rings. The van der Waals surface area contributed by atoms with Crippen LogP contribution in [0.15, 0.2) is 46.9 Å². The van der Waals surface area contributed by atoms with Crippen LogP contribution in [0.5, 0.6) is 0 Å². The van der Waals surface area contributed by atoms with Crippen molar-refractivity contribution in [2.75, 3.05) is 12.4 Å². The molecule has 2 aromatic rings. The molecule has 0 heterocycles. The fraction of sp³-hybridized carbons (Fsp3) is 0.118. The number of benzene rings is 2. The molecule has 2 rings (SSSR count). The number of hydrogen-bond donors (Lipinski definition) is 1. The molecule has 106 valence electrons. The van der Waals surface area contributed by atoms with E-state index in [1.165, 1.54) is 7.11 Å². The van der Waals surface area contributed by atoms with Gasteiger partial charge in [0.25, 0.3) is 0 Å². The van der Waals surface area contributed by atoms with Crippen molar-refractivity contribution in [2.45, 2.75) is 6.54 Å². The Morgan fingerprint density at radius 1 is 1.33 bits per heavy atom. The normalized spacial score (nSPS) is 9.76. The third-order valence-corrected chi connectivity index (χ3v) is 3.72. The van der Waals surface area contributed by atoms with Gasteiger partial charge in [0.1, 0.15) is 0 Å². The monoisotopic (exact) mass is 343 g/mol. The molecule has 0 radical (unpaired) electrons. The van der Waals surface area contributed by atoms with Crippen LogP contribution in [0.1, 0.15) is 21.5 Å². The summed E-state index contributed by atoms with van der Waals surface area (Å²) in [5.74, 6) is 2.25. The summed E-state index contributed by atoms with van der Waals surface area (Å²) in [5, 5.41) is 3.30. The van der Waals surface area contributed by atoms with Crippen LogP contribution in [0.3, 0.4) is 0 Å². The Hall–Kier alpha value is -2.25. The number of methoxy groups -OCH3 is 1. The lowest BCUT2D eigenvalue weighted by Gasteiger charge is -2.10. The molecular weight excluding hydrogens is 330 g/mol. The SMILES string of the molecule is C#Cc1cccc(NCc2ccc(C(=O)OC)cc2Br)c1. The smallest absolute Gasteiger partial charge is 0.337 e. The standard InChI is InChI=1S/C17H14BrNO2/c1-3-12-5-4-6-15(9-12)19-11-14-8-7-13(10-16(14)18)17(20)21-2/h1,4-10,19H,11H2,2H3. The predicted molar refractivity (Wildman–Crippen MR) is 87.2 cm³/mol. The maximum atomic E-state index is 11.4. The van der Waals surface area contributed by atoms with Crippen molar-refractivity contribution < 1.29 is 9.53 Å². The molecular formula is C17H14BrNO2. The molecule has 0 aliphatic rings. The highest BCUT2D eigenvalue weighted by Gasteiger charge is 2.08. The van der Waals surface area contributed by atoms with Crippen LogP contribution in [0.4, 0.5) is 5.69 Å². The van der Waals surface area contributed by atoms with Crippen molar-refractivity contribution in [1.29, 1.82) is 0 Å². The van der Waals surface area contributed by atoms with E-state index in [9.17, 15) is 4.79 Å². The van der Waals surface area contributed by atoms with Gasteiger partial charge in [0.05, 0.1) is 12.7 Å². The number of ether oxygens (including phenoxy) is 1. The number of hydrogen-bond acceptors (Lipinski definition) is 3. The second-order valence-electron chi connectivity index (χ2n) is 4.38. The molecule has 0 aromatic heterocycles. The van der Waals surface area contributed by atoms with E-state index < -0.39 is 0 Å². The summed E-state index contributed by atoms with van der Waals surface area (Å²) in [5.41, 5.74) is 3.34. The highest BCUT2D eigenvalue weighted by atomic mass is 79.9. The minimum Gasteiger partial charge on any atom is -0.465 e. The van der Waals surface area contributed by atoms with Gasteiger partial charge in [-0.1, -0.05) is 34.0 Å². The van der Waals surface area contributed by atoms with E-state index in [4.69, 9.17) is 11.2 Å². The van der Waals surface area contributed by atoms with Crippen LogP contribution in [-0.2, 0) is 11.3 Å². The van der Waals surface area contributed by atoms with Crippen molar-refractivity contribution >= 4 is 27.6 Å². The molecule has 0 bridgehead atoms. The number of carbonyl (C=O) groups excluding carboxylic acids is 1. The van der Waals surface area contributed by atoms with Gasteiger partial charge >= 0.3 is 5.97 Å². The number of carbonyl (C=O) groups is 1. The third-order valence-electron chi connectivity index (χ3n) is 2.99. The zero-order valence-electron chi connectivity index (χ0n) is 11.5. The van der Waals surface area contributed by atoms with Gasteiger partial charge in [-0.2, -0.15) is 0 Å². The first-order chi connectivity index (χ1) is 10.1. The van der Waals surface area contributed by atoms with Gasteiger partial charge in [0, 0.05) is 22.3 Å². The lowest BCUT2D eigenvalue weighted by Crippen LogP contribution is -2.04. The Kier molecular flexibility index (Phi) is 5.02. The molecule has 0 atom stereocenters. The molecule has 0 amide bonds. The minimum atomic E-state index is -0.350. The van der Waals surface area contributed by atoms with Crippen molar-refractivity contribution in [2.24, 2.45) is 0 Å². The molecule has 0 aliphatic heterocycles. The van der Waals surface area contributed by atoms with E-state index in [1.807, 2.05) is 30.3 Å². The maximum Gasteiger partial charge on any atom is 0.337 e. The predicted octanol–water partition coefficient (Wildman–Crippen LogP) is 3.83. The highest BCUT2D eigenvalue weighted by Crippen LogP contribution is 2.21. The van der Waals surface area contributed by atoms with Gasteiger partial charge in [0.2, 0.25) is 0 Å². The van der Waals surface area contributed by atoms with Gasteiger partial charge in [-0.05, 0) is 35.9 Å². The second-order valence-corrected chi connectivity index (χ2v) is 5.23. The van der Waals surface area contributed by atoms with Crippen molar-refractivity contribution in [1.82, 2.24) is 0 Å². The molecule has 0 saturated carbocycles. The molecule has 4 heteroatoms. The zero-order valence-corrected chi connectivity index (χ0v) is 13.1. The maximum absolute atomic E-state index is 11.4. The summed E-state index contributed by atoms with van der Waals surface area (Å²) in [4.78, 5) is 11.4. The van der Waals surface area contributed by atoms with Gasteiger partial charge in [-0.3, -0.25) is 0 Å². The van der Waals surface area contributed by atoms with Crippen molar-refractivity contribution in [3.8, 4) is 12.3 Å². The minimum absolute atomic E-state index is 0.350. The summed E-state index contributed by atoms with van der Waals surface area (Å²) in [6.45, 7) is 0.621. The Bertz CT molecular complexity index is 704. The zero-order chi connectivity index (χ0) is 15.2. The number of anilines is 1. The average molecular weight is 344 g/mol. The Morgan fingerprint density at radius 2 is 2.14 bits per heavy atom. The van der Waals surface area contributed by atoms with Crippen LogP contribution < -0.4 is 5.32 Å². The number of rotatable bonds is 4. The van der Waals surface area contributed by atoms with Crippen LogP contribution in [0, 0.1) is 12.3 Å². The fourth-order valence-electron chi connectivity index (χ4n) is 1.85. The summed E-state index contributed by atoms with van der Waals surface area (Å²) >= 11 is 3.47. The van der Waals surface area contributed by atoms with Crippen LogP contribution in [0.25, 0.3) is 0 Å². The van der Waals surface area contributed by atoms with E-state index in [1.54, 1.807) is 12.1 Å². The average Bonchev–Trinajstić information content (AvgIpc) is 2.53. The fourth-order valence-corrected chi connectivity index (χ4v) is 2.37. The van der Waals surface area contributed by atoms with Crippen LogP contribution in [-0.4, -0.2) is 13.1 Å². The van der Waals surface area contributed by atoms with E-state index >= 15 is 0 Å². The molecule has 0 aliphatic carbocycles. The first-order valence-electron chi connectivity index (χ1n) is 6.31. The van der Waals surface area contributed by atoms with E-state index in [2.05, 4.69) is 27.2 Å². The van der Waals surface area contributed by atoms with Gasteiger partial charge in [-0.15, -0.1) is 6.42 Å². The first kappa shape index (κ1) is 15.1. The quantitative estimate of drug-likeness (QED) is 0.677. The van der Waals surface area contributed by atoms with Gasteiger partial charge in [-0.25, -0.2) is 4.79 Å². The number of halogens is 1. The number of nitrogens with one attached hydrogen (secondary N) is 1. The lowest BCUT2D eigenvalue weighted by atomic mass is 10.1. The molecule has 0 spiro atoms. The molecule has 0 saturated heterocycles. The van der Waals surface area contributed by atoms with Gasteiger partial charge in [0.15, 0.2) is 0 Å². The summed E-state index contributed by atoms with van der Waals surface area (Å²) in [7, 11) is 1.37. The Morgan fingerprint density at radius 3 is 2.81 bits per heavy atom. The largest absolute Gasteiger partial charge is 0.465 e. The molecule has 2 aromatic carbocycles. The Labute approximate surface area is 132 Å². The Balaban J connectivity index is 2.10. The second kappa shape index (κ2) is 6.96. The summed E-state index contributed by atoms with van der Waals surface area (Å²) < 4.78 is 5.54. The lowest BCUT2D eigenvalue weighted by molar-refractivity contribution is 0.0600. The van der Waals surface area contributed by atoms with E-state index in [-0.39, 0.29) is 5.97 Å². The highest BCUT2D eigenvalue weighted by molar-refractivity contribution is 9.10. The first-order valence-corrected chi connectivity index (χ1v) is 7.10. The van der Waals surface area contributed by atoms with E-state index in [0.717, 1.165) is 21.3 Å². The van der Waals surface area contributed by atoms with Crippen LogP contribution >= 0.6 is 15.9 Å². The van der Waals surface area contributed by atoms with E-state index in [0.29, 0.717) is 12.1 Å². The third kappa shape index (κ3) is 3.87. The van der Waals surface area contributed by atoms with Gasteiger partial charge < -0.3 is 10.1 Å².